The lowest BCUT2D eigenvalue weighted by atomic mass is 10.0. The van der Waals surface area contributed by atoms with Crippen LogP contribution >= 0.6 is 0 Å². The second-order valence-electron chi connectivity index (χ2n) is 7.65. The molecule has 0 spiro atoms. The number of carbonyl (C=O) groups is 1. The van der Waals surface area contributed by atoms with E-state index in [1.807, 2.05) is 0 Å². The molecule has 0 aliphatic heterocycles. The van der Waals surface area contributed by atoms with Gasteiger partial charge in [0.25, 0.3) is 0 Å². The highest BCUT2D eigenvalue weighted by molar-refractivity contribution is 7.92. The van der Waals surface area contributed by atoms with Crippen molar-refractivity contribution in [2.75, 3.05) is 5.75 Å². The second-order valence-corrected chi connectivity index (χ2v) is 10.1. The summed E-state index contributed by atoms with van der Waals surface area (Å²) in [6.45, 7) is 3.51. The molecule has 156 valence electrons. The lowest BCUT2D eigenvalue weighted by Crippen LogP contribution is -2.29. The summed E-state index contributed by atoms with van der Waals surface area (Å²) in [5, 5.41) is 7.49. The van der Waals surface area contributed by atoms with Gasteiger partial charge >= 0.3 is 5.97 Å². The Hall–Kier alpha value is -0.580. The van der Waals surface area contributed by atoms with Crippen molar-refractivity contribution in [1.29, 1.82) is 0 Å². The van der Waals surface area contributed by atoms with Crippen LogP contribution in [0.4, 0.5) is 0 Å². The number of sulfone groups is 1. The Morgan fingerprint density at radius 2 is 1.00 bits per heavy atom. The minimum absolute atomic E-state index is 0.00108. The van der Waals surface area contributed by atoms with E-state index in [2.05, 4.69) is 6.92 Å². The molecule has 0 aromatic carbocycles. The summed E-state index contributed by atoms with van der Waals surface area (Å²) in [6.07, 6.45) is 19.9. The van der Waals surface area contributed by atoms with Crippen molar-refractivity contribution in [1.82, 2.24) is 0 Å². The van der Waals surface area contributed by atoms with E-state index < -0.39 is 21.1 Å². The van der Waals surface area contributed by atoms with E-state index in [0.29, 0.717) is 6.42 Å². The SMILES string of the molecule is CCCCCCCCCCCCCCCCCCS(=O)(=O)C(C)C(=O)O. The van der Waals surface area contributed by atoms with Crippen molar-refractivity contribution >= 4 is 15.8 Å². The average molecular weight is 391 g/mol. The largest absolute Gasteiger partial charge is 0.480 e. The third-order valence-electron chi connectivity index (χ3n) is 5.17. The lowest BCUT2D eigenvalue weighted by Gasteiger charge is -2.08. The summed E-state index contributed by atoms with van der Waals surface area (Å²) >= 11 is 0. The van der Waals surface area contributed by atoms with Crippen molar-refractivity contribution < 1.29 is 18.3 Å². The monoisotopic (exact) mass is 390 g/mol. The van der Waals surface area contributed by atoms with Crippen LogP contribution in [0.1, 0.15) is 117 Å². The fraction of sp³-hybridized carbons (Fsp3) is 0.952. The average Bonchev–Trinajstić information content (AvgIpc) is 2.60. The molecule has 0 saturated carbocycles. The number of rotatable bonds is 19. The molecule has 0 heterocycles. The molecule has 0 saturated heterocycles. The minimum atomic E-state index is -3.48. The van der Waals surface area contributed by atoms with Crippen molar-refractivity contribution in [3.05, 3.63) is 0 Å². The van der Waals surface area contributed by atoms with Crippen molar-refractivity contribution in [2.45, 2.75) is 122 Å². The maximum atomic E-state index is 11.7. The highest BCUT2D eigenvalue weighted by Crippen LogP contribution is 2.14. The zero-order valence-corrected chi connectivity index (χ0v) is 18.0. The molecule has 1 unspecified atom stereocenters. The molecule has 0 amide bonds. The first kappa shape index (κ1) is 25.4. The van der Waals surface area contributed by atoms with Gasteiger partial charge in [0.1, 0.15) is 0 Å². The minimum Gasteiger partial charge on any atom is -0.480 e. The van der Waals surface area contributed by atoms with Crippen LogP contribution in [-0.2, 0) is 14.6 Å². The van der Waals surface area contributed by atoms with Gasteiger partial charge in [-0.25, -0.2) is 8.42 Å². The molecule has 5 heteroatoms. The second kappa shape index (κ2) is 16.6. The van der Waals surface area contributed by atoms with Crippen molar-refractivity contribution in [3.8, 4) is 0 Å². The number of unbranched alkanes of at least 4 members (excludes halogenated alkanes) is 15. The van der Waals surface area contributed by atoms with Crippen LogP contribution in [0, 0.1) is 0 Å². The van der Waals surface area contributed by atoms with Crippen LogP contribution in [0.2, 0.25) is 0 Å². The maximum Gasteiger partial charge on any atom is 0.321 e. The Kier molecular flexibility index (Phi) is 16.2. The van der Waals surface area contributed by atoms with Crippen LogP contribution in [0.25, 0.3) is 0 Å². The first-order valence-electron chi connectivity index (χ1n) is 10.9. The third-order valence-corrected chi connectivity index (χ3v) is 7.31. The van der Waals surface area contributed by atoms with Crippen LogP contribution in [0.5, 0.6) is 0 Å². The van der Waals surface area contributed by atoms with Crippen LogP contribution in [-0.4, -0.2) is 30.5 Å². The predicted molar refractivity (Wildman–Crippen MR) is 110 cm³/mol. The van der Waals surface area contributed by atoms with Gasteiger partial charge in [0, 0.05) is 0 Å². The summed E-state index contributed by atoms with van der Waals surface area (Å²) in [5.74, 6) is -1.25. The summed E-state index contributed by atoms with van der Waals surface area (Å²) in [4.78, 5) is 10.7. The van der Waals surface area contributed by atoms with Gasteiger partial charge in [-0.1, -0.05) is 103 Å². The molecule has 0 aromatic rings. The van der Waals surface area contributed by atoms with Crippen molar-refractivity contribution in [2.24, 2.45) is 0 Å². The standard InChI is InChI=1S/C21H42O4S/c1-3-4-5-6-7-8-9-10-11-12-13-14-15-16-17-18-19-26(24,25)20(2)21(22)23/h20H,3-19H2,1-2H3,(H,22,23). The van der Waals surface area contributed by atoms with Crippen LogP contribution < -0.4 is 0 Å². The molecular formula is C21H42O4S. The number of hydrogen-bond acceptors (Lipinski definition) is 3. The highest BCUT2D eigenvalue weighted by atomic mass is 32.2. The zero-order chi connectivity index (χ0) is 19.7. The predicted octanol–water partition coefficient (Wildman–Crippen LogP) is 6.14. The highest BCUT2D eigenvalue weighted by Gasteiger charge is 2.26. The first-order chi connectivity index (χ1) is 12.4. The molecule has 1 N–H and O–H groups in total. The van der Waals surface area contributed by atoms with Gasteiger partial charge in [-0.05, 0) is 13.3 Å². The molecule has 4 nitrogen and oxygen atoms in total. The number of hydrogen-bond donors (Lipinski definition) is 1. The number of carboxylic acid groups (broad SMARTS) is 1. The lowest BCUT2D eigenvalue weighted by molar-refractivity contribution is -0.136. The molecule has 0 radical (unpaired) electrons. The molecule has 0 aliphatic carbocycles. The van der Waals surface area contributed by atoms with Gasteiger partial charge in [0.15, 0.2) is 15.1 Å². The quantitative estimate of drug-likeness (QED) is 0.269. The molecule has 0 aromatic heterocycles. The molecule has 0 rings (SSSR count). The molecule has 1 atom stereocenters. The van der Waals surface area contributed by atoms with Crippen LogP contribution in [0.15, 0.2) is 0 Å². The topological polar surface area (TPSA) is 71.4 Å². The molecule has 26 heavy (non-hydrogen) atoms. The summed E-state index contributed by atoms with van der Waals surface area (Å²) in [5.41, 5.74) is 0. The van der Waals surface area contributed by atoms with Gasteiger partial charge in [-0.2, -0.15) is 0 Å². The van der Waals surface area contributed by atoms with Gasteiger partial charge in [-0.3, -0.25) is 4.79 Å². The Morgan fingerprint density at radius 1 is 0.692 bits per heavy atom. The van der Waals surface area contributed by atoms with E-state index in [4.69, 9.17) is 5.11 Å². The molecular weight excluding hydrogens is 348 g/mol. The van der Waals surface area contributed by atoms with Gasteiger partial charge < -0.3 is 5.11 Å². The van der Waals surface area contributed by atoms with E-state index in [1.54, 1.807) is 0 Å². The van der Waals surface area contributed by atoms with E-state index in [0.717, 1.165) is 19.3 Å². The molecule has 0 bridgehead atoms. The van der Waals surface area contributed by atoms with E-state index >= 15 is 0 Å². The normalized spacial score (nSPS) is 13.0. The summed E-state index contributed by atoms with van der Waals surface area (Å²) in [6, 6.07) is 0. The van der Waals surface area contributed by atoms with Gasteiger partial charge in [0.2, 0.25) is 0 Å². The fourth-order valence-electron chi connectivity index (χ4n) is 3.18. The zero-order valence-electron chi connectivity index (χ0n) is 17.2. The Balaban J connectivity index is 3.31. The van der Waals surface area contributed by atoms with Gasteiger partial charge in [0.05, 0.1) is 5.75 Å². The van der Waals surface area contributed by atoms with E-state index in [-0.39, 0.29) is 5.75 Å². The van der Waals surface area contributed by atoms with Gasteiger partial charge in [-0.15, -0.1) is 0 Å². The Morgan fingerprint density at radius 3 is 1.31 bits per heavy atom. The first-order valence-corrected chi connectivity index (χ1v) is 12.6. The van der Waals surface area contributed by atoms with Crippen molar-refractivity contribution in [3.63, 3.8) is 0 Å². The Bertz CT molecular complexity index is 431. The third kappa shape index (κ3) is 14.6. The number of carboxylic acids is 1. The molecule has 0 aliphatic rings. The molecule has 0 fully saturated rings. The number of aliphatic carboxylic acids is 1. The smallest absolute Gasteiger partial charge is 0.321 e. The maximum absolute atomic E-state index is 11.7. The van der Waals surface area contributed by atoms with E-state index in [9.17, 15) is 13.2 Å². The summed E-state index contributed by atoms with van der Waals surface area (Å²) < 4.78 is 23.5. The fourth-order valence-corrected chi connectivity index (χ4v) is 4.45. The van der Waals surface area contributed by atoms with Crippen LogP contribution in [0.3, 0.4) is 0 Å². The Labute approximate surface area is 162 Å². The summed E-state index contributed by atoms with van der Waals surface area (Å²) in [7, 11) is -3.48. The van der Waals surface area contributed by atoms with E-state index in [1.165, 1.54) is 84.0 Å².